The van der Waals surface area contributed by atoms with Crippen LogP contribution in [-0.4, -0.2) is 4.57 Å². The highest BCUT2D eigenvalue weighted by Crippen LogP contribution is 2.15. The molecule has 0 amide bonds. The highest BCUT2D eigenvalue weighted by atomic mass is 15.1. The molecule has 2 nitrogen and oxygen atoms in total. The number of aromatic nitrogens is 2. The molecule has 1 aromatic heterocycles. The second-order valence-corrected chi connectivity index (χ2v) is 13.4. The van der Waals surface area contributed by atoms with Crippen LogP contribution in [0.5, 0.6) is 0 Å². The van der Waals surface area contributed by atoms with Crippen molar-refractivity contribution < 1.29 is 4.57 Å². The van der Waals surface area contributed by atoms with Crippen LogP contribution in [-0.2, 0) is 19.5 Å². The molecule has 0 bridgehead atoms. The third-order valence-electron chi connectivity index (χ3n) is 9.35. The summed E-state index contributed by atoms with van der Waals surface area (Å²) in [5, 5.41) is 0. The first-order valence-corrected chi connectivity index (χ1v) is 19.4. The Kier molecular flexibility index (Phi) is 28.6. The number of imidazole rings is 1. The van der Waals surface area contributed by atoms with Crippen LogP contribution in [0.3, 0.4) is 0 Å². The maximum Gasteiger partial charge on any atom is 0.256 e. The molecule has 0 unspecified atom stereocenters. The van der Waals surface area contributed by atoms with E-state index in [2.05, 4.69) is 42.3 Å². The van der Waals surface area contributed by atoms with E-state index in [9.17, 15) is 0 Å². The second kappa shape index (κ2) is 30.7. The van der Waals surface area contributed by atoms with E-state index in [1.165, 1.54) is 212 Å². The Hall–Kier alpha value is -0.790. The van der Waals surface area contributed by atoms with Gasteiger partial charge < -0.3 is 0 Å². The van der Waals surface area contributed by atoms with Crippen molar-refractivity contribution in [3.05, 3.63) is 18.2 Å². The zero-order valence-corrected chi connectivity index (χ0v) is 28.9. The largest absolute Gasteiger partial charge is 0.256 e. The van der Waals surface area contributed by atoms with Gasteiger partial charge in [0.2, 0.25) is 0 Å². The van der Waals surface area contributed by atoms with Gasteiger partial charge in [0.15, 0.2) is 0 Å². The van der Waals surface area contributed by atoms with Crippen LogP contribution in [0.1, 0.15) is 219 Å². The lowest BCUT2D eigenvalue weighted by molar-refractivity contribution is -0.704. The smallest absolute Gasteiger partial charge is 0.234 e. The Labute approximate surface area is 259 Å². The van der Waals surface area contributed by atoms with Crippen LogP contribution in [0.2, 0.25) is 0 Å². The average molecular weight is 574 g/mol. The fourth-order valence-electron chi connectivity index (χ4n) is 6.50. The molecule has 2 heteroatoms. The quantitative estimate of drug-likeness (QED) is 0.0584. The summed E-state index contributed by atoms with van der Waals surface area (Å²) in [7, 11) is 0. The highest BCUT2D eigenvalue weighted by Gasteiger charge is 2.16. The van der Waals surface area contributed by atoms with Gasteiger partial charge in [0.25, 0.3) is 5.82 Å². The minimum absolute atomic E-state index is 1.23. The van der Waals surface area contributed by atoms with Gasteiger partial charge in [0.1, 0.15) is 12.4 Å². The molecule has 1 rings (SSSR count). The molecule has 242 valence electrons. The molecule has 0 aliphatic rings. The first kappa shape index (κ1) is 38.2. The third kappa shape index (κ3) is 23.4. The first-order valence-electron chi connectivity index (χ1n) is 19.4. The lowest BCUT2D eigenvalue weighted by atomic mass is 10.0. The van der Waals surface area contributed by atoms with Crippen molar-refractivity contribution in [3.8, 4) is 0 Å². The van der Waals surface area contributed by atoms with E-state index in [0.29, 0.717) is 0 Å². The van der Waals surface area contributed by atoms with Crippen LogP contribution in [0.25, 0.3) is 0 Å². The summed E-state index contributed by atoms with van der Waals surface area (Å²) < 4.78 is 5.25. The van der Waals surface area contributed by atoms with Crippen LogP contribution < -0.4 is 4.57 Å². The van der Waals surface area contributed by atoms with Gasteiger partial charge in [-0.05, 0) is 32.1 Å². The van der Waals surface area contributed by atoms with Gasteiger partial charge in [-0.3, -0.25) is 0 Å². The number of unbranched alkanes of at least 4 members (excludes halogenated alkanes) is 27. The maximum atomic E-state index is 2.63. The molecule has 0 spiro atoms. The van der Waals surface area contributed by atoms with Gasteiger partial charge in [0, 0.05) is 6.42 Å². The lowest BCUT2D eigenvalue weighted by Gasteiger charge is -2.07. The molecular formula is C39H77N2+. The molecule has 41 heavy (non-hydrogen) atoms. The van der Waals surface area contributed by atoms with Gasteiger partial charge in [-0.25, -0.2) is 9.13 Å². The van der Waals surface area contributed by atoms with E-state index in [1.54, 1.807) is 5.82 Å². The predicted octanol–water partition coefficient (Wildman–Crippen LogP) is 13.1. The summed E-state index contributed by atoms with van der Waals surface area (Å²) in [5.41, 5.74) is 0. The van der Waals surface area contributed by atoms with Crippen molar-refractivity contribution in [3.63, 3.8) is 0 Å². The molecular weight excluding hydrogens is 496 g/mol. The predicted molar refractivity (Wildman–Crippen MR) is 184 cm³/mol. The van der Waals surface area contributed by atoms with E-state index < -0.39 is 0 Å². The van der Waals surface area contributed by atoms with E-state index in [1.807, 2.05) is 0 Å². The standard InChI is InChI=1S/C39H77N2/c1-4-7-10-13-16-18-20-22-24-26-28-31-34-39-40(35-32-29-15-12-9-6-3)37-38-41(39)36-33-30-27-25-23-21-19-17-14-11-8-5-2/h37-38H,4-36H2,1-3H3/q+1. The molecule has 0 fully saturated rings. The monoisotopic (exact) mass is 574 g/mol. The van der Waals surface area contributed by atoms with E-state index >= 15 is 0 Å². The van der Waals surface area contributed by atoms with E-state index in [4.69, 9.17) is 0 Å². The van der Waals surface area contributed by atoms with Gasteiger partial charge in [-0.1, -0.05) is 181 Å². The third-order valence-corrected chi connectivity index (χ3v) is 9.35. The van der Waals surface area contributed by atoms with Crippen LogP contribution in [0.4, 0.5) is 0 Å². The van der Waals surface area contributed by atoms with Gasteiger partial charge >= 0.3 is 0 Å². The minimum Gasteiger partial charge on any atom is -0.234 e. The first-order chi connectivity index (χ1) is 20.3. The zero-order chi connectivity index (χ0) is 29.5. The van der Waals surface area contributed by atoms with Crippen molar-refractivity contribution >= 4 is 0 Å². The summed E-state index contributed by atoms with van der Waals surface area (Å²) in [6.07, 6.45) is 48.9. The second-order valence-electron chi connectivity index (χ2n) is 13.4. The van der Waals surface area contributed by atoms with Crippen LogP contribution in [0, 0.1) is 0 Å². The Balaban J connectivity index is 2.27. The Morgan fingerprint density at radius 2 is 0.756 bits per heavy atom. The number of hydrogen-bond donors (Lipinski definition) is 0. The average Bonchev–Trinajstić information content (AvgIpc) is 3.37. The molecule has 0 aromatic carbocycles. The molecule has 0 radical (unpaired) electrons. The van der Waals surface area contributed by atoms with Crippen LogP contribution >= 0.6 is 0 Å². The summed E-state index contributed by atoms with van der Waals surface area (Å²) >= 11 is 0. The van der Waals surface area contributed by atoms with Crippen molar-refractivity contribution in [2.45, 2.75) is 233 Å². The van der Waals surface area contributed by atoms with E-state index in [0.717, 1.165) is 0 Å². The SMILES string of the molecule is CCCCCCCCCCCCCCc1n(CCCCCCCC)cc[n+]1CCCCCCCCCCCCCC. The molecule has 0 saturated carbocycles. The normalized spacial score (nSPS) is 11.6. The number of nitrogens with zero attached hydrogens (tertiary/aromatic N) is 2. The Morgan fingerprint density at radius 3 is 1.17 bits per heavy atom. The van der Waals surface area contributed by atoms with Gasteiger partial charge in [0.05, 0.1) is 13.1 Å². The summed E-state index contributed by atoms with van der Waals surface area (Å²) in [5.74, 6) is 1.62. The summed E-state index contributed by atoms with van der Waals surface area (Å²) in [6.45, 7) is 9.40. The van der Waals surface area contributed by atoms with Crippen molar-refractivity contribution in [2.24, 2.45) is 0 Å². The van der Waals surface area contributed by atoms with Crippen molar-refractivity contribution in [1.29, 1.82) is 0 Å². The molecule has 0 saturated heterocycles. The number of rotatable bonds is 33. The summed E-state index contributed by atoms with van der Waals surface area (Å²) in [6, 6.07) is 0. The Bertz CT molecular complexity index is 634. The lowest BCUT2D eigenvalue weighted by Crippen LogP contribution is -2.37. The number of aryl methyl sites for hydroxylation is 2. The maximum absolute atomic E-state index is 2.63. The van der Waals surface area contributed by atoms with Crippen molar-refractivity contribution in [1.82, 2.24) is 4.57 Å². The van der Waals surface area contributed by atoms with Crippen molar-refractivity contribution in [2.75, 3.05) is 0 Å². The van der Waals surface area contributed by atoms with Gasteiger partial charge in [-0.2, -0.15) is 0 Å². The fourth-order valence-corrected chi connectivity index (χ4v) is 6.50. The molecule has 0 atom stereocenters. The van der Waals surface area contributed by atoms with Gasteiger partial charge in [-0.15, -0.1) is 0 Å². The Morgan fingerprint density at radius 1 is 0.415 bits per heavy atom. The van der Waals surface area contributed by atoms with Crippen LogP contribution in [0.15, 0.2) is 12.4 Å². The minimum atomic E-state index is 1.23. The number of hydrogen-bond acceptors (Lipinski definition) is 0. The molecule has 1 aromatic rings. The fraction of sp³-hybridized carbons (Fsp3) is 0.923. The summed E-state index contributed by atoms with van der Waals surface area (Å²) in [4.78, 5) is 0. The van der Waals surface area contributed by atoms with E-state index in [-0.39, 0.29) is 0 Å². The highest BCUT2D eigenvalue weighted by molar-refractivity contribution is 4.84. The molecule has 0 aliphatic heterocycles. The topological polar surface area (TPSA) is 8.81 Å². The molecule has 0 N–H and O–H groups in total. The molecule has 1 heterocycles. The molecule has 0 aliphatic carbocycles. The zero-order valence-electron chi connectivity index (χ0n) is 28.9.